The van der Waals surface area contributed by atoms with E-state index in [0.717, 1.165) is 22.6 Å². The van der Waals surface area contributed by atoms with Gasteiger partial charge in [-0.15, -0.1) is 5.10 Å². The Balaban J connectivity index is 1.71. The van der Waals surface area contributed by atoms with Crippen LogP contribution in [0, 0.1) is 6.92 Å². The number of nitrogens with zero attached hydrogens (tertiary/aromatic N) is 3. The summed E-state index contributed by atoms with van der Waals surface area (Å²) >= 11 is 0. The van der Waals surface area contributed by atoms with E-state index >= 15 is 0 Å². The largest absolute Gasteiger partial charge is 0.339 e. The molecular formula is C18H18N6O. The Morgan fingerprint density at radius 3 is 2.40 bits per heavy atom. The number of hydrogen-bond donors (Lipinski definition) is 3. The fourth-order valence-corrected chi connectivity index (χ4v) is 2.24. The fraction of sp³-hybridized carbons (Fsp3) is 0.111. The van der Waals surface area contributed by atoms with Gasteiger partial charge in [-0.1, -0.05) is 18.2 Å². The van der Waals surface area contributed by atoms with E-state index in [4.69, 9.17) is 0 Å². The van der Waals surface area contributed by atoms with E-state index in [0.29, 0.717) is 11.8 Å². The summed E-state index contributed by atoms with van der Waals surface area (Å²) in [6.07, 6.45) is 1.55. The van der Waals surface area contributed by atoms with E-state index in [2.05, 4.69) is 31.1 Å². The number of hydrogen-bond acceptors (Lipinski definition) is 6. The minimum Gasteiger partial charge on any atom is -0.339 e. The van der Waals surface area contributed by atoms with Crippen molar-refractivity contribution in [3.05, 3.63) is 60.3 Å². The Hall–Kier alpha value is -3.48. The van der Waals surface area contributed by atoms with Crippen molar-refractivity contribution in [2.75, 3.05) is 16.0 Å². The number of para-hydroxylation sites is 1. The number of aromatic nitrogens is 3. The second kappa shape index (κ2) is 7.39. The van der Waals surface area contributed by atoms with Crippen LogP contribution in [-0.2, 0) is 4.79 Å². The first kappa shape index (κ1) is 16.4. The van der Waals surface area contributed by atoms with Gasteiger partial charge in [0.15, 0.2) is 5.82 Å². The van der Waals surface area contributed by atoms with Crippen LogP contribution >= 0.6 is 0 Å². The molecule has 0 aliphatic carbocycles. The first-order valence-electron chi connectivity index (χ1n) is 7.77. The number of benzene rings is 2. The maximum Gasteiger partial charge on any atom is 0.249 e. The van der Waals surface area contributed by atoms with Crippen LogP contribution in [-0.4, -0.2) is 21.1 Å². The smallest absolute Gasteiger partial charge is 0.249 e. The SMILES string of the molecule is CC(=O)Nc1ccc(Nc2cnnc(Nc3ccccc3C)n2)cc1. The third-order valence-electron chi connectivity index (χ3n) is 3.43. The summed E-state index contributed by atoms with van der Waals surface area (Å²) in [6.45, 7) is 3.48. The lowest BCUT2D eigenvalue weighted by atomic mass is 10.2. The van der Waals surface area contributed by atoms with Gasteiger partial charge >= 0.3 is 0 Å². The quantitative estimate of drug-likeness (QED) is 0.660. The number of aryl methyl sites for hydroxylation is 1. The molecule has 7 heteroatoms. The maximum atomic E-state index is 11.0. The predicted octanol–water partition coefficient (Wildman–Crippen LogP) is 3.63. The molecule has 0 unspecified atom stereocenters. The van der Waals surface area contributed by atoms with Crippen LogP contribution in [0.2, 0.25) is 0 Å². The van der Waals surface area contributed by atoms with Gasteiger partial charge in [-0.2, -0.15) is 10.1 Å². The summed E-state index contributed by atoms with van der Waals surface area (Å²) in [5.41, 5.74) is 3.59. The monoisotopic (exact) mass is 334 g/mol. The van der Waals surface area contributed by atoms with Gasteiger partial charge in [0.25, 0.3) is 0 Å². The van der Waals surface area contributed by atoms with Gasteiger partial charge in [-0.3, -0.25) is 4.79 Å². The molecule has 1 aromatic heterocycles. The molecule has 126 valence electrons. The molecule has 3 aromatic rings. The van der Waals surface area contributed by atoms with Gasteiger partial charge in [-0.25, -0.2) is 0 Å². The molecule has 0 saturated carbocycles. The first-order valence-corrected chi connectivity index (χ1v) is 7.77. The normalized spacial score (nSPS) is 10.2. The third kappa shape index (κ3) is 4.51. The Morgan fingerprint density at radius 2 is 1.68 bits per heavy atom. The molecule has 25 heavy (non-hydrogen) atoms. The van der Waals surface area contributed by atoms with Crippen LogP contribution < -0.4 is 16.0 Å². The van der Waals surface area contributed by atoms with Crippen molar-refractivity contribution in [2.24, 2.45) is 0 Å². The standard InChI is InChI=1S/C18H18N6O/c1-12-5-3-4-6-16(12)22-18-23-17(11-19-24-18)21-15-9-7-14(8-10-15)20-13(2)25/h3-11H,1-2H3,(H,20,25)(H2,21,22,23,24). The van der Waals surface area contributed by atoms with Gasteiger partial charge in [0.1, 0.15) is 0 Å². The average molecular weight is 334 g/mol. The van der Waals surface area contributed by atoms with Crippen molar-refractivity contribution in [3.8, 4) is 0 Å². The highest BCUT2D eigenvalue weighted by molar-refractivity contribution is 5.88. The molecule has 0 fully saturated rings. The summed E-state index contributed by atoms with van der Waals surface area (Å²) in [7, 11) is 0. The maximum absolute atomic E-state index is 11.0. The topological polar surface area (TPSA) is 91.8 Å². The van der Waals surface area contributed by atoms with E-state index in [-0.39, 0.29) is 5.91 Å². The van der Waals surface area contributed by atoms with Crippen molar-refractivity contribution in [1.82, 2.24) is 15.2 Å². The van der Waals surface area contributed by atoms with Crippen LogP contribution in [0.3, 0.4) is 0 Å². The molecule has 3 N–H and O–H groups in total. The lowest BCUT2D eigenvalue weighted by Gasteiger charge is -2.10. The number of rotatable bonds is 5. The molecular weight excluding hydrogens is 316 g/mol. The van der Waals surface area contributed by atoms with Crippen LogP contribution in [0.1, 0.15) is 12.5 Å². The van der Waals surface area contributed by atoms with Crippen molar-refractivity contribution >= 4 is 34.7 Å². The second-order valence-electron chi connectivity index (χ2n) is 5.49. The van der Waals surface area contributed by atoms with Crippen molar-refractivity contribution < 1.29 is 4.79 Å². The number of nitrogens with one attached hydrogen (secondary N) is 3. The fourth-order valence-electron chi connectivity index (χ4n) is 2.24. The van der Waals surface area contributed by atoms with E-state index < -0.39 is 0 Å². The average Bonchev–Trinajstić information content (AvgIpc) is 2.59. The zero-order valence-electron chi connectivity index (χ0n) is 13.9. The van der Waals surface area contributed by atoms with Gasteiger partial charge in [0.05, 0.1) is 6.20 Å². The minimum absolute atomic E-state index is 0.104. The molecule has 0 aliphatic heterocycles. The predicted molar refractivity (Wildman–Crippen MR) is 98.3 cm³/mol. The van der Waals surface area contributed by atoms with Crippen molar-refractivity contribution in [3.63, 3.8) is 0 Å². The van der Waals surface area contributed by atoms with E-state index in [1.54, 1.807) is 6.20 Å². The molecule has 0 spiro atoms. The molecule has 0 radical (unpaired) electrons. The summed E-state index contributed by atoms with van der Waals surface area (Å²) < 4.78 is 0. The molecule has 2 aromatic carbocycles. The van der Waals surface area contributed by atoms with Crippen LogP contribution in [0.4, 0.5) is 28.8 Å². The molecule has 0 aliphatic rings. The number of carbonyl (C=O) groups excluding carboxylic acids is 1. The van der Waals surface area contributed by atoms with Gasteiger partial charge in [0.2, 0.25) is 11.9 Å². The number of anilines is 5. The molecule has 0 saturated heterocycles. The van der Waals surface area contributed by atoms with E-state index in [1.165, 1.54) is 6.92 Å². The first-order chi connectivity index (χ1) is 12.1. The highest BCUT2D eigenvalue weighted by Gasteiger charge is 2.04. The van der Waals surface area contributed by atoms with Crippen molar-refractivity contribution in [2.45, 2.75) is 13.8 Å². The lowest BCUT2D eigenvalue weighted by Crippen LogP contribution is -2.05. The van der Waals surface area contributed by atoms with Gasteiger partial charge in [0, 0.05) is 24.0 Å². The Morgan fingerprint density at radius 1 is 0.960 bits per heavy atom. The van der Waals surface area contributed by atoms with E-state index in [9.17, 15) is 4.79 Å². The zero-order valence-corrected chi connectivity index (χ0v) is 13.9. The van der Waals surface area contributed by atoms with Crippen LogP contribution in [0.15, 0.2) is 54.7 Å². The Bertz CT molecular complexity index is 879. The molecule has 0 bridgehead atoms. The lowest BCUT2D eigenvalue weighted by molar-refractivity contribution is -0.114. The summed E-state index contributed by atoms with van der Waals surface area (Å²) in [4.78, 5) is 15.5. The molecule has 1 heterocycles. The molecule has 3 rings (SSSR count). The Labute approximate surface area is 145 Å². The molecule has 1 amide bonds. The highest BCUT2D eigenvalue weighted by atomic mass is 16.1. The van der Waals surface area contributed by atoms with Crippen molar-refractivity contribution in [1.29, 1.82) is 0 Å². The van der Waals surface area contributed by atoms with Gasteiger partial charge in [-0.05, 0) is 42.8 Å². The third-order valence-corrected chi connectivity index (χ3v) is 3.43. The second-order valence-corrected chi connectivity index (χ2v) is 5.49. The molecule has 0 atom stereocenters. The minimum atomic E-state index is -0.104. The Kier molecular flexibility index (Phi) is 4.84. The van der Waals surface area contributed by atoms with Crippen LogP contribution in [0.25, 0.3) is 0 Å². The zero-order chi connectivity index (χ0) is 17.6. The number of amides is 1. The summed E-state index contributed by atoms with van der Waals surface area (Å²) in [6, 6.07) is 15.2. The van der Waals surface area contributed by atoms with Gasteiger partial charge < -0.3 is 16.0 Å². The highest BCUT2D eigenvalue weighted by Crippen LogP contribution is 2.20. The van der Waals surface area contributed by atoms with Crippen LogP contribution in [0.5, 0.6) is 0 Å². The summed E-state index contributed by atoms with van der Waals surface area (Å²) in [5.74, 6) is 0.875. The molecule has 7 nitrogen and oxygen atoms in total. The summed E-state index contributed by atoms with van der Waals surface area (Å²) in [5, 5.41) is 17.0. The van der Waals surface area contributed by atoms with E-state index in [1.807, 2.05) is 55.5 Å². The number of carbonyl (C=O) groups is 1.